The molecule has 2 N–H and O–H groups in total. The van der Waals surface area contributed by atoms with E-state index in [1.807, 2.05) is 10.6 Å². The number of aryl methyl sites for hydroxylation is 2. The normalized spacial score (nSPS) is 11.2. The average molecular weight is 309 g/mol. The molecule has 3 aromatic rings. The smallest absolute Gasteiger partial charge is 0.228 e. The van der Waals surface area contributed by atoms with Gasteiger partial charge in [0.2, 0.25) is 11.8 Å². The third kappa shape index (κ3) is 1.94. The van der Waals surface area contributed by atoms with Crippen LogP contribution in [0, 0.1) is 0 Å². The molecule has 0 unspecified atom stereocenters. The van der Waals surface area contributed by atoms with Gasteiger partial charge in [0.05, 0.1) is 0 Å². The van der Waals surface area contributed by atoms with Gasteiger partial charge in [-0.2, -0.15) is 4.98 Å². The van der Waals surface area contributed by atoms with E-state index in [2.05, 4.69) is 36.0 Å². The van der Waals surface area contributed by atoms with E-state index >= 15 is 0 Å². The number of anilines is 1. The minimum Gasteiger partial charge on any atom is -0.369 e. The lowest BCUT2D eigenvalue weighted by molar-refractivity contribution is 0.371. The highest BCUT2D eigenvalue weighted by Crippen LogP contribution is 2.19. The lowest BCUT2D eigenvalue weighted by Crippen LogP contribution is -2.06. The monoisotopic (exact) mass is 308 g/mol. The van der Waals surface area contributed by atoms with Crippen molar-refractivity contribution in [1.29, 1.82) is 0 Å². The first-order valence-corrected chi connectivity index (χ1v) is 6.06. The van der Waals surface area contributed by atoms with Crippen molar-refractivity contribution in [1.82, 2.24) is 24.7 Å². The Balaban J connectivity index is 1.93. The molecule has 0 aliphatic heterocycles. The van der Waals surface area contributed by atoms with Gasteiger partial charge in [0.25, 0.3) is 0 Å². The number of imidazole rings is 1. The van der Waals surface area contributed by atoms with Crippen molar-refractivity contribution in [2.75, 3.05) is 5.73 Å². The summed E-state index contributed by atoms with van der Waals surface area (Å²) in [5.74, 6) is 0.989. The molecule has 7 nitrogen and oxygen atoms in total. The first-order valence-electron chi connectivity index (χ1n) is 5.27. The van der Waals surface area contributed by atoms with Gasteiger partial charge in [-0.25, -0.2) is 9.97 Å². The summed E-state index contributed by atoms with van der Waals surface area (Å²) in [7, 11) is 0. The Bertz CT molecular complexity index is 677. The summed E-state index contributed by atoms with van der Waals surface area (Å²) in [6, 6.07) is 1.88. The van der Waals surface area contributed by atoms with E-state index in [9.17, 15) is 0 Å². The second-order valence-electron chi connectivity index (χ2n) is 3.70. The van der Waals surface area contributed by atoms with E-state index in [0.29, 0.717) is 24.8 Å². The van der Waals surface area contributed by atoms with E-state index in [4.69, 9.17) is 10.3 Å². The molecule has 0 atom stereocenters. The summed E-state index contributed by atoms with van der Waals surface area (Å²) < 4.78 is 7.64. The Morgan fingerprint density at radius 3 is 3.06 bits per heavy atom. The Morgan fingerprint density at radius 2 is 2.28 bits per heavy atom. The fourth-order valence-corrected chi connectivity index (χ4v) is 2.06. The number of aromatic nitrogens is 5. The molecule has 3 aromatic heterocycles. The summed E-state index contributed by atoms with van der Waals surface area (Å²) in [6.07, 6.45) is 3.68. The minimum absolute atomic E-state index is 0.426. The zero-order valence-electron chi connectivity index (χ0n) is 9.25. The minimum atomic E-state index is 0.426. The van der Waals surface area contributed by atoms with Crippen molar-refractivity contribution in [3.8, 4) is 0 Å². The van der Waals surface area contributed by atoms with Gasteiger partial charge in [-0.05, 0) is 22.0 Å². The number of pyridine rings is 1. The molecular formula is C10H9BrN6O. The van der Waals surface area contributed by atoms with Gasteiger partial charge in [0.1, 0.15) is 5.52 Å². The first-order chi connectivity index (χ1) is 8.74. The van der Waals surface area contributed by atoms with Crippen molar-refractivity contribution in [3.63, 3.8) is 0 Å². The molecule has 0 bridgehead atoms. The zero-order valence-corrected chi connectivity index (χ0v) is 10.8. The van der Waals surface area contributed by atoms with Crippen molar-refractivity contribution in [3.05, 3.63) is 29.0 Å². The predicted molar refractivity (Wildman–Crippen MR) is 67.6 cm³/mol. The summed E-state index contributed by atoms with van der Waals surface area (Å²) in [4.78, 5) is 12.5. The van der Waals surface area contributed by atoms with Crippen LogP contribution in [0.5, 0.6) is 0 Å². The van der Waals surface area contributed by atoms with Crippen LogP contribution in [0.15, 0.2) is 27.6 Å². The number of rotatable bonds is 3. The molecule has 0 spiro atoms. The SMILES string of the molecule is Nc1nc2cc(Br)cnc2n1CCc1ncno1. The third-order valence-electron chi connectivity index (χ3n) is 2.54. The molecular weight excluding hydrogens is 300 g/mol. The molecule has 0 amide bonds. The standard InChI is InChI=1S/C10H9BrN6O/c11-6-3-7-9(13-4-6)17(10(12)16-7)2-1-8-14-5-15-18-8/h3-5H,1-2H2,(H2,12,16). The van der Waals surface area contributed by atoms with Crippen molar-refractivity contribution < 1.29 is 4.52 Å². The Labute approximate surface area is 110 Å². The number of hydrogen-bond donors (Lipinski definition) is 1. The van der Waals surface area contributed by atoms with Gasteiger partial charge in [0, 0.05) is 23.6 Å². The maximum absolute atomic E-state index is 5.87. The van der Waals surface area contributed by atoms with Crippen LogP contribution in [0.25, 0.3) is 11.2 Å². The molecule has 18 heavy (non-hydrogen) atoms. The number of nitrogens with zero attached hydrogens (tertiary/aromatic N) is 5. The van der Waals surface area contributed by atoms with Crippen LogP contribution in [0.3, 0.4) is 0 Å². The third-order valence-corrected chi connectivity index (χ3v) is 2.97. The maximum atomic E-state index is 5.87. The average Bonchev–Trinajstić information content (AvgIpc) is 2.93. The fraction of sp³-hybridized carbons (Fsp3) is 0.200. The van der Waals surface area contributed by atoms with E-state index in [1.54, 1.807) is 6.20 Å². The summed E-state index contributed by atoms with van der Waals surface area (Å²) in [5.41, 5.74) is 7.38. The van der Waals surface area contributed by atoms with E-state index in [-0.39, 0.29) is 0 Å². The maximum Gasteiger partial charge on any atom is 0.228 e. The van der Waals surface area contributed by atoms with E-state index in [1.165, 1.54) is 6.33 Å². The van der Waals surface area contributed by atoms with Crippen LogP contribution >= 0.6 is 15.9 Å². The van der Waals surface area contributed by atoms with Gasteiger partial charge in [0.15, 0.2) is 12.0 Å². The second-order valence-corrected chi connectivity index (χ2v) is 4.62. The Kier molecular flexibility index (Phi) is 2.71. The van der Waals surface area contributed by atoms with Crippen LogP contribution in [-0.4, -0.2) is 24.7 Å². The zero-order chi connectivity index (χ0) is 12.5. The summed E-state index contributed by atoms with van der Waals surface area (Å²) in [6.45, 7) is 0.596. The highest BCUT2D eigenvalue weighted by molar-refractivity contribution is 9.10. The second kappa shape index (κ2) is 4.37. The Morgan fingerprint density at radius 1 is 1.39 bits per heavy atom. The first kappa shape index (κ1) is 11.1. The Hall–Kier alpha value is -1.96. The number of halogens is 1. The molecule has 0 aliphatic rings. The number of fused-ring (bicyclic) bond motifs is 1. The molecule has 0 aromatic carbocycles. The largest absolute Gasteiger partial charge is 0.369 e. The van der Waals surface area contributed by atoms with Gasteiger partial charge in [-0.15, -0.1) is 0 Å². The van der Waals surface area contributed by atoms with Gasteiger partial charge in [-0.1, -0.05) is 5.16 Å². The highest BCUT2D eigenvalue weighted by atomic mass is 79.9. The highest BCUT2D eigenvalue weighted by Gasteiger charge is 2.10. The van der Waals surface area contributed by atoms with Crippen LogP contribution in [0.4, 0.5) is 5.95 Å². The van der Waals surface area contributed by atoms with Crippen LogP contribution < -0.4 is 5.73 Å². The molecule has 0 radical (unpaired) electrons. The molecule has 92 valence electrons. The molecule has 0 aliphatic carbocycles. The van der Waals surface area contributed by atoms with Crippen LogP contribution in [0.2, 0.25) is 0 Å². The van der Waals surface area contributed by atoms with E-state index in [0.717, 1.165) is 15.6 Å². The number of hydrogen-bond acceptors (Lipinski definition) is 6. The van der Waals surface area contributed by atoms with Gasteiger partial charge < -0.3 is 10.3 Å². The molecule has 0 saturated heterocycles. The summed E-state index contributed by atoms with van der Waals surface area (Å²) >= 11 is 3.35. The number of nitrogen functional groups attached to an aromatic ring is 1. The van der Waals surface area contributed by atoms with Crippen LogP contribution in [0.1, 0.15) is 5.89 Å². The molecule has 3 heterocycles. The lowest BCUT2D eigenvalue weighted by atomic mass is 10.4. The topological polar surface area (TPSA) is 95.7 Å². The number of nitrogens with two attached hydrogens (primary N) is 1. The molecule has 8 heteroatoms. The summed E-state index contributed by atoms with van der Waals surface area (Å²) in [5, 5.41) is 3.55. The molecule has 3 rings (SSSR count). The van der Waals surface area contributed by atoms with Crippen molar-refractivity contribution in [2.24, 2.45) is 0 Å². The van der Waals surface area contributed by atoms with Gasteiger partial charge >= 0.3 is 0 Å². The predicted octanol–water partition coefficient (Wildman–Crippen LogP) is 1.40. The van der Waals surface area contributed by atoms with Crippen LogP contribution in [-0.2, 0) is 13.0 Å². The fourth-order valence-electron chi connectivity index (χ4n) is 1.74. The van der Waals surface area contributed by atoms with Crippen molar-refractivity contribution in [2.45, 2.75) is 13.0 Å². The lowest BCUT2D eigenvalue weighted by Gasteiger charge is -2.02. The van der Waals surface area contributed by atoms with Crippen molar-refractivity contribution >= 4 is 33.0 Å². The molecule has 0 fully saturated rings. The molecule has 0 saturated carbocycles. The van der Waals surface area contributed by atoms with Gasteiger partial charge in [-0.3, -0.25) is 4.57 Å². The quantitative estimate of drug-likeness (QED) is 0.785. The van der Waals surface area contributed by atoms with E-state index < -0.39 is 0 Å².